The van der Waals surface area contributed by atoms with Gasteiger partial charge in [-0.05, 0) is 19.4 Å². The Morgan fingerprint density at radius 3 is 2.63 bits per heavy atom. The molecule has 19 heavy (non-hydrogen) atoms. The van der Waals surface area contributed by atoms with Crippen LogP contribution in [0.1, 0.15) is 39.5 Å². The van der Waals surface area contributed by atoms with E-state index in [4.69, 9.17) is 0 Å². The molecule has 0 saturated heterocycles. The van der Waals surface area contributed by atoms with E-state index in [1.165, 1.54) is 0 Å². The van der Waals surface area contributed by atoms with Crippen LogP contribution in [0.3, 0.4) is 0 Å². The highest BCUT2D eigenvalue weighted by Gasteiger charge is 2.22. The molecule has 0 spiro atoms. The molecule has 0 fully saturated rings. The molecule has 0 amide bonds. The SMILES string of the molecule is CCCCCC(C)Nc1c([N+](=O)[O-])ccc(F)c1F. The zero-order valence-corrected chi connectivity index (χ0v) is 11.1. The van der Waals surface area contributed by atoms with Crippen molar-refractivity contribution in [2.24, 2.45) is 0 Å². The summed E-state index contributed by atoms with van der Waals surface area (Å²) in [7, 11) is 0. The van der Waals surface area contributed by atoms with Crippen LogP contribution in [-0.4, -0.2) is 11.0 Å². The topological polar surface area (TPSA) is 55.2 Å². The van der Waals surface area contributed by atoms with E-state index < -0.39 is 22.2 Å². The molecule has 0 radical (unpaired) electrons. The number of unbranched alkanes of at least 4 members (excludes halogenated alkanes) is 2. The number of nitrogens with one attached hydrogen (secondary N) is 1. The quantitative estimate of drug-likeness (QED) is 0.458. The molecule has 1 N–H and O–H groups in total. The van der Waals surface area contributed by atoms with Crippen LogP contribution in [-0.2, 0) is 0 Å². The summed E-state index contributed by atoms with van der Waals surface area (Å²) >= 11 is 0. The van der Waals surface area contributed by atoms with Gasteiger partial charge in [-0.2, -0.15) is 0 Å². The normalized spacial score (nSPS) is 12.2. The maximum atomic E-state index is 13.6. The monoisotopic (exact) mass is 272 g/mol. The molecule has 6 heteroatoms. The number of nitro benzene ring substituents is 1. The van der Waals surface area contributed by atoms with Crippen molar-refractivity contribution in [3.63, 3.8) is 0 Å². The number of anilines is 1. The molecule has 1 rings (SSSR count). The number of halogens is 2. The molecule has 0 saturated carbocycles. The lowest BCUT2D eigenvalue weighted by Gasteiger charge is -2.15. The minimum Gasteiger partial charge on any atom is -0.375 e. The first-order valence-electron chi connectivity index (χ1n) is 6.36. The van der Waals surface area contributed by atoms with Crippen LogP contribution >= 0.6 is 0 Å². The largest absolute Gasteiger partial charge is 0.375 e. The van der Waals surface area contributed by atoms with E-state index in [-0.39, 0.29) is 11.7 Å². The van der Waals surface area contributed by atoms with Crippen LogP contribution in [0.4, 0.5) is 20.2 Å². The van der Waals surface area contributed by atoms with Crippen LogP contribution in [0.25, 0.3) is 0 Å². The molecule has 1 atom stereocenters. The van der Waals surface area contributed by atoms with E-state index in [1.54, 1.807) is 6.92 Å². The van der Waals surface area contributed by atoms with E-state index in [1.807, 2.05) is 0 Å². The fourth-order valence-electron chi connectivity index (χ4n) is 1.85. The van der Waals surface area contributed by atoms with Crippen molar-refractivity contribution in [1.29, 1.82) is 0 Å². The Kier molecular flexibility index (Phi) is 5.66. The average Bonchev–Trinajstić information content (AvgIpc) is 2.35. The van der Waals surface area contributed by atoms with Crippen molar-refractivity contribution in [2.75, 3.05) is 5.32 Å². The lowest BCUT2D eigenvalue weighted by atomic mass is 10.1. The molecule has 1 aromatic rings. The van der Waals surface area contributed by atoms with Gasteiger partial charge < -0.3 is 5.32 Å². The summed E-state index contributed by atoms with van der Waals surface area (Å²) in [5.74, 6) is -2.29. The zero-order valence-electron chi connectivity index (χ0n) is 11.1. The van der Waals surface area contributed by atoms with Gasteiger partial charge in [0.25, 0.3) is 5.69 Å². The Bertz CT molecular complexity index is 453. The number of nitrogens with zero attached hydrogens (tertiary/aromatic N) is 1. The molecule has 106 valence electrons. The van der Waals surface area contributed by atoms with Gasteiger partial charge in [0, 0.05) is 12.1 Å². The smallest absolute Gasteiger partial charge is 0.295 e. The maximum absolute atomic E-state index is 13.6. The second-order valence-corrected chi connectivity index (χ2v) is 4.55. The van der Waals surface area contributed by atoms with Gasteiger partial charge in [0.15, 0.2) is 17.3 Å². The molecule has 1 unspecified atom stereocenters. The molecule has 0 heterocycles. The lowest BCUT2D eigenvalue weighted by Crippen LogP contribution is -2.17. The Labute approximate surface area is 111 Å². The van der Waals surface area contributed by atoms with Crippen LogP contribution in [0, 0.1) is 21.7 Å². The third kappa shape index (κ3) is 4.15. The van der Waals surface area contributed by atoms with Gasteiger partial charge in [-0.25, -0.2) is 8.78 Å². The molecule has 0 aliphatic carbocycles. The van der Waals surface area contributed by atoms with Crippen molar-refractivity contribution in [2.45, 2.75) is 45.6 Å². The maximum Gasteiger partial charge on any atom is 0.295 e. The number of nitro groups is 1. The summed E-state index contributed by atoms with van der Waals surface area (Å²) in [6.45, 7) is 3.86. The summed E-state index contributed by atoms with van der Waals surface area (Å²) in [5.41, 5.74) is -0.810. The summed E-state index contributed by atoms with van der Waals surface area (Å²) in [5, 5.41) is 13.5. The fraction of sp³-hybridized carbons (Fsp3) is 0.538. The van der Waals surface area contributed by atoms with Crippen molar-refractivity contribution in [1.82, 2.24) is 0 Å². The highest BCUT2D eigenvalue weighted by Crippen LogP contribution is 2.30. The van der Waals surface area contributed by atoms with Gasteiger partial charge in [0.1, 0.15) is 0 Å². The van der Waals surface area contributed by atoms with Crippen molar-refractivity contribution < 1.29 is 13.7 Å². The predicted octanol–water partition coefficient (Wildman–Crippen LogP) is 4.25. The summed E-state index contributed by atoms with van der Waals surface area (Å²) in [6, 6.07) is 1.58. The average molecular weight is 272 g/mol. The van der Waals surface area contributed by atoms with Crippen LogP contribution in [0.5, 0.6) is 0 Å². The number of rotatable bonds is 7. The van der Waals surface area contributed by atoms with Crippen LogP contribution < -0.4 is 5.32 Å². The standard InChI is InChI=1S/C13H18F2N2O2/c1-3-4-5-6-9(2)16-13-11(17(18)19)8-7-10(14)12(13)15/h7-9,16H,3-6H2,1-2H3. The predicted molar refractivity (Wildman–Crippen MR) is 70.2 cm³/mol. The Hall–Kier alpha value is -1.72. The first-order chi connectivity index (χ1) is 8.97. The van der Waals surface area contributed by atoms with Gasteiger partial charge in [-0.15, -0.1) is 0 Å². The minimum absolute atomic E-state index is 0.151. The van der Waals surface area contributed by atoms with Crippen molar-refractivity contribution in [3.05, 3.63) is 33.9 Å². The Morgan fingerprint density at radius 1 is 1.37 bits per heavy atom. The first kappa shape index (κ1) is 15.3. The fourth-order valence-corrected chi connectivity index (χ4v) is 1.85. The molecule has 0 aromatic heterocycles. The highest BCUT2D eigenvalue weighted by molar-refractivity contribution is 5.62. The minimum atomic E-state index is -1.20. The molecular formula is C13H18F2N2O2. The lowest BCUT2D eigenvalue weighted by molar-refractivity contribution is -0.384. The van der Waals surface area contributed by atoms with E-state index in [0.29, 0.717) is 0 Å². The Balaban J connectivity index is 2.86. The van der Waals surface area contributed by atoms with Crippen molar-refractivity contribution >= 4 is 11.4 Å². The van der Waals surface area contributed by atoms with E-state index in [9.17, 15) is 18.9 Å². The van der Waals surface area contributed by atoms with E-state index in [2.05, 4.69) is 12.2 Å². The summed E-state index contributed by atoms with van der Waals surface area (Å²) in [6.07, 6.45) is 3.79. The van der Waals surface area contributed by atoms with Crippen molar-refractivity contribution in [3.8, 4) is 0 Å². The van der Waals surface area contributed by atoms with E-state index in [0.717, 1.165) is 37.8 Å². The molecule has 4 nitrogen and oxygen atoms in total. The Morgan fingerprint density at radius 2 is 2.05 bits per heavy atom. The van der Waals surface area contributed by atoms with Gasteiger partial charge >= 0.3 is 0 Å². The molecule has 1 aromatic carbocycles. The summed E-state index contributed by atoms with van der Waals surface area (Å²) < 4.78 is 26.8. The van der Waals surface area contributed by atoms with Gasteiger partial charge in [0.05, 0.1) is 4.92 Å². The molecule has 0 aliphatic heterocycles. The second-order valence-electron chi connectivity index (χ2n) is 4.55. The van der Waals surface area contributed by atoms with Gasteiger partial charge in [-0.3, -0.25) is 10.1 Å². The number of hydrogen-bond donors (Lipinski definition) is 1. The third-order valence-electron chi connectivity index (χ3n) is 2.90. The first-order valence-corrected chi connectivity index (χ1v) is 6.36. The second kappa shape index (κ2) is 7.01. The summed E-state index contributed by atoms with van der Waals surface area (Å²) in [4.78, 5) is 10.1. The molecule has 0 aliphatic rings. The highest BCUT2D eigenvalue weighted by atomic mass is 19.2. The molecular weight excluding hydrogens is 254 g/mol. The third-order valence-corrected chi connectivity index (χ3v) is 2.90. The zero-order chi connectivity index (χ0) is 14.4. The van der Waals surface area contributed by atoms with E-state index >= 15 is 0 Å². The van der Waals surface area contributed by atoms with Crippen LogP contribution in [0.2, 0.25) is 0 Å². The molecule has 0 bridgehead atoms. The van der Waals surface area contributed by atoms with Gasteiger partial charge in [0.2, 0.25) is 0 Å². The van der Waals surface area contributed by atoms with Crippen LogP contribution in [0.15, 0.2) is 12.1 Å². The number of benzene rings is 1. The van der Waals surface area contributed by atoms with Gasteiger partial charge in [-0.1, -0.05) is 26.2 Å². The number of hydrogen-bond acceptors (Lipinski definition) is 3.